The predicted octanol–water partition coefficient (Wildman–Crippen LogP) is 0.442. The maximum absolute atomic E-state index is 11.8. The summed E-state index contributed by atoms with van der Waals surface area (Å²) >= 11 is 1.21. The number of aliphatic hydroxyl groups excluding tert-OH is 1. The standard InChI is InChI=1S/C9H11N3O3S2/c13-5-8-1-9(6-16-8)17(14,15)12-4-7-2-10-11-3-7/h1-3,6,12-13H,4-5H2,(H,10,11). The molecule has 0 radical (unpaired) electrons. The molecule has 2 rings (SSSR count). The summed E-state index contributed by atoms with van der Waals surface area (Å²) in [7, 11) is -3.52. The Bertz CT molecular complexity index is 574. The molecule has 0 bridgehead atoms. The summed E-state index contributed by atoms with van der Waals surface area (Å²) in [6, 6.07) is 1.46. The number of hydrogen-bond acceptors (Lipinski definition) is 5. The first kappa shape index (κ1) is 12.2. The first-order valence-electron chi connectivity index (χ1n) is 4.77. The van der Waals surface area contributed by atoms with E-state index in [1.807, 2.05) is 0 Å². The number of H-pyrrole nitrogens is 1. The van der Waals surface area contributed by atoms with Gasteiger partial charge in [0.05, 0.1) is 17.7 Å². The quantitative estimate of drug-likeness (QED) is 0.736. The van der Waals surface area contributed by atoms with Crippen LogP contribution in [0, 0.1) is 0 Å². The summed E-state index contributed by atoms with van der Waals surface area (Å²) < 4.78 is 26.1. The van der Waals surface area contributed by atoms with Crippen molar-refractivity contribution in [1.29, 1.82) is 0 Å². The number of nitrogens with zero attached hydrogens (tertiary/aromatic N) is 1. The molecule has 2 heterocycles. The zero-order valence-corrected chi connectivity index (χ0v) is 10.4. The molecule has 2 aromatic rings. The highest BCUT2D eigenvalue weighted by Crippen LogP contribution is 2.19. The third kappa shape index (κ3) is 2.91. The van der Waals surface area contributed by atoms with Crippen LogP contribution in [0.25, 0.3) is 0 Å². The van der Waals surface area contributed by atoms with E-state index in [1.54, 1.807) is 12.4 Å². The fourth-order valence-electron chi connectivity index (χ4n) is 1.22. The summed E-state index contributed by atoms with van der Waals surface area (Å²) in [6.07, 6.45) is 3.17. The van der Waals surface area contributed by atoms with E-state index in [9.17, 15) is 8.42 Å². The van der Waals surface area contributed by atoms with E-state index in [-0.39, 0.29) is 18.0 Å². The van der Waals surface area contributed by atoms with Gasteiger partial charge in [-0.3, -0.25) is 5.10 Å². The van der Waals surface area contributed by atoms with Crippen molar-refractivity contribution in [3.05, 3.63) is 34.3 Å². The van der Waals surface area contributed by atoms with E-state index in [0.29, 0.717) is 4.88 Å². The second-order valence-electron chi connectivity index (χ2n) is 3.34. The normalized spacial score (nSPS) is 11.8. The molecule has 0 unspecified atom stereocenters. The van der Waals surface area contributed by atoms with Gasteiger partial charge in [-0.15, -0.1) is 11.3 Å². The van der Waals surface area contributed by atoms with Crippen molar-refractivity contribution >= 4 is 21.4 Å². The van der Waals surface area contributed by atoms with Crippen LogP contribution < -0.4 is 4.72 Å². The smallest absolute Gasteiger partial charge is 0.241 e. The highest BCUT2D eigenvalue weighted by atomic mass is 32.2. The van der Waals surface area contributed by atoms with E-state index in [1.165, 1.54) is 22.8 Å². The monoisotopic (exact) mass is 273 g/mol. The maximum Gasteiger partial charge on any atom is 0.241 e. The van der Waals surface area contributed by atoms with E-state index in [2.05, 4.69) is 14.9 Å². The van der Waals surface area contributed by atoms with E-state index < -0.39 is 10.0 Å². The molecule has 0 atom stereocenters. The van der Waals surface area contributed by atoms with Gasteiger partial charge in [0.2, 0.25) is 10.0 Å². The first-order valence-corrected chi connectivity index (χ1v) is 7.13. The third-order valence-electron chi connectivity index (χ3n) is 2.12. The number of aromatic amines is 1. The first-order chi connectivity index (χ1) is 8.12. The number of hydrogen-bond donors (Lipinski definition) is 3. The Morgan fingerprint density at radius 3 is 2.94 bits per heavy atom. The van der Waals surface area contributed by atoms with Crippen molar-refractivity contribution < 1.29 is 13.5 Å². The van der Waals surface area contributed by atoms with Crippen LogP contribution in [0.3, 0.4) is 0 Å². The maximum atomic E-state index is 11.8. The Morgan fingerprint density at radius 1 is 1.53 bits per heavy atom. The topological polar surface area (TPSA) is 95.1 Å². The lowest BCUT2D eigenvalue weighted by Crippen LogP contribution is -2.22. The molecule has 0 saturated carbocycles. The summed E-state index contributed by atoms with van der Waals surface area (Å²) in [4.78, 5) is 0.795. The highest BCUT2D eigenvalue weighted by Gasteiger charge is 2.15. The van der Waals surface area contributed by atoms with Gasteiger partial charge in [0.1, 0.15) is 0 Å². The van der Waals surface area contributed by atoms with Crippen LogP contribution in [0.2, 0.25) is 0 Å². The summed E-state index contributed by atoms with van der Waals surface area (Å²) in [5.74, 6) is 0. The van der Waals surface area contributed by atoms with Crippen molar-refractivity contribution in [1.82, 2.24) is 14.9 Å². The lowest BCUT2D eigenvalue weighted by atomic mass is 10.4. The fraction of sp³-hybridized carbons (Fsp3) is 0.222. The van der Waals surface area contributed by atoms with Gasteiger partial charge < -0.3 is 5.11 Å². The van der Waals surface area contributed by atoms with E-state index in [4.69, 9.17) is 5.11 Å². The Kier molecular flexibility index (Phi) is 3.57. The number of aromatic nitrogens is 2. The highest BCUT2D eigenvalue weighted by molar-refractivity contribution is 7.89. The van der Waals surface area contributed by atoms with Gasteiger partial charge in [0.15, 0.2) is 0 Å². The van der Waals surface area contributed by atoms with Crippen LogP contribution in [0.5, 0.6) is 0 Å². The molecule has 0 saturated heterocycles. The van der Waals surface area contributed by atoms with Crippen molar-refractivity contribution in [3.8, 4) is 0 Å². The predicted molar refractivity (Wildman–Crippen MR) is 62.9 cm³/mol. The third-order valence-corrected chi connectivity index (χ3v) is 4.57. The van der Waals surface area contributed by atoms with Crippen LogP contribution in [-0.4, -0.2) is 23.7 Å². The average Bonchev–Trinajstić information content (AvgIpc) is 2.98. The molecule has 0 aromatic carbocycles. The zero-order valence-electron chi connectivity index (χ0n) is 8.75. The van der Waals surface area contributed by atoms with Gasteiger partial charge in [0, 0.05) is 28.6 Å². The molecule has 2 aromatic heterocycles. The number of nitrogens with one attached hydrogen (secondary N) is 2. The minimum Gasteiger partial charge on any atom is -0.391 e. The molecule has 6 nitrogen and oxygen atoms in total. The molecular formula is C9H11N3O3S2. The Labute approximate surface area is 102 Å². The Hall–Kier alpha value is -1.22. The Morgan fingerprint density at radius 2 is 2.35 bits per heavy atom. The molecule has 0 spiro atoms. The van der Waals surface area contributed by atoms with Crippen molar-refractivity contribution in [2.45, 2.75) is 18.0 Å². The van der Waals surface area contributed by atoms with Gasteiger partial charge in [-0.1, -0.05) is 0 Å². The number of rotatable bonds is 5. The van der Waals surface area contributed by atoms with Crippen LogP contribution in [0.4, 0.5) is 0 Å². The molecule has 3 N–H and O–H groups in total. The molecule has 92 valence electrons. The molecule has 0 aliphatic carbocycles. The summed E-state index contributed by atoms with van der Waals surface area (Å²) in [6.45, 7) is 0.0328. The molecular weight excluding hydrogens is 262 g/mol. The van der Waals surface area contributed by atoms with Crippen LogP contribution in [0.1, 0.15) is 10.4 Å². The molecule has 0 amide bonds. The largest absolute Gasteiger partial charge is 0.391 e. The molecule has 8 heteroatoms. The molecule has 0 aliphatic heterocycles. The lowest BCUT2D eigenvalue weighted by Gasteiger charge is -2.02. The Balaban J connectivity index is 2.08. The minimum absolute atomic E-state index is 0.151. The van der Waals surface area contributed by atoms with Crippen molar-refractivity contribution in [3.63, 3.8) is 0 Å². The number of thiophene rings is 1. The van der Waals surface area contributed by atoms with Crippen LogP contribution >= 0.6 is 11.3 Å². The lowest BCUT2D eigenvalue weighted by molar-refractivity contribution is 0.285. The van der Waals surface area contributed by atoms with E-state index >= 15 is 0 Å². The van der Waals surface area contributed by atoms with Gasteiger partial charge in [-0.25, -0.2) is 13.1 Å². The number of sulfonamides is 1. The van der Waals surface area contributed by atoms with Gasteiger partial charge in [-0.2, -0.15) is 5.10 Å². The van der Waals surface area contributed by atoms with Crippen LogP contribution in [-0.2, 0) is 23.2 Å². The second-order valence-corrected chi connectivity index (χ2v) is 6.10. The van der Waals surface area contributed by atoms with Gasteiger partial charge in [-0.05, 0) is 6.07 Å². The number of aliphatic hydroxyl groups is 1. The molecule has 17 heavy (non-hydrogen) atoms. The van der Waals surface area contributed by atoms with Gasteiger partial charge >= 0.3 is 0 Å². The minimum atomic E-state index is -3.52. The zero-order chi connectivity index (χ0) is 12.3. The van der Waals surface area contributed by atoms with E-state index in [0.717, 1.165) is 5.56 Å². The average molecular weight is 273 g/mol. The van der Waals surface area contributed by atoms with Crippen molar-refractivity contribution in [2.24, 2.45) is 0 Å². The van der Waals surface area contributed by atoms with Crippen LogP contribution in [0.15, 0.2) is 28.7 Å². The summed E-state index contributed by atoms with van der Waals surface area (Å²) in [5.41, 5.74) is 0.756. The molecule has 0 fully saturated rings. The second kappa shape index (κ2) is 4.96. The summed E-state index contributed by atoms with van der Waals surface area (Å²) in [5, 5.41) is 16.7. The van der Waals surface area contributed by atoms with Gasteiger partial charge in [0.25, 0.3) is 0 Å². The van der Waals surface area contributed by atoms with Crippen molar-refractivity contribution in [2.75, 3.05) is 0 Å². The molecule has 0 aliphatic rings. The SMILES string of the molecule is O=S(=O)(NCc1cn[nH]c1)c1csc(CO)c1. The fourth-order valence-corrected chi connectivity index (χ4v) is 3.37.